The Morgan fingerprint density at radius 1 is 1.09 bits per heavy atom. The van der Waals surface area contributed by atoms with E-state index in [1.165, 1.54) is 12.1 Å². The van der Waals surface area contributed by atoms with Gasteiger partial charge in [0.05, 0.1) is 17.7 Å². The molecule has 0 bridgehead atoms. The Kier molecular flexibility index (Phi) is 5.87. The zero-order chi connectivity index (χ0) is 16.7. The first-order valence-corrected chi connectivity index (χ1v) is 6.96. The highest BCUT2D eigenvalue weighted by Gasteiger charge is 2.26. The molecule has 1 unspecified atom stereocenters. The fourth-order valence-electron chi connectivity index (χ4n) is 1.66. The molecule has 122 valence electrons. The molecular weight excluding hydrogens is 304 g/mol. The fourth-order valence-corrected chi connectivity index (χ4v) is 1.66. The largest absolute Gasteiger partial charge is 0.459 e. The van der Waals surface area contributed by atoms with Crippen LogP contribution in [0.1, 0.15) is 20.7 Å². The van der Waals surface area contributed by atoms with Gasteiger partial charge in [-0.25, -0.2) is 14.4 Å². The molecule has 7 heteroatoms. The Labute approximate surface area is 132 Å². The molecule has 7 nitrogen and oxygen atoms in total. The molecule has 0 amide bonds. The van der Waals surface area contributed by atoms with E-state index in [0.29, 0.717) is 6.61 Å². The Hall–Kier alpha value is -2.67. The molecule has 2 rings (SSSR count). The number of hydrogen-bond acceptors (Lipinski definition) is 7. The summed E-state index contributed by atoms with van der Waals surface area (Å²) in [6, 6.07) is 6.16. The zero-order valence-electron chi connectivity index (χ0n) is 12.4. The predicted molar refractivity (Wildman–Crippen MR) is 77.9 cm³/mol. The van der Waals surface area contributed by atoms with Crippen molar-refractivity contribution in [3.8, 4) is 0 Å². The van der Waals surface area contributed by atoms with Crippen LogP contribution in [0, 0.1) is 0 Å². The number of hydrogen-bond donors (Lipinski definition) is 0. The van der Waals surface area contributed by atoms with E-state index in [4.69, 9.17) is 14.2 Å². The SMILES string of the molecule is C=CC(=O)OCCOC(=O)c1ccccc1C(=O)OCC1CO1. The summed E-state index contributed by atoms with van der Waals surface area (Å²) < 4.78 is 19.7. The van der Waals surface area contributed by atoms with Crippen molar-refractivity contribution in [3.05, 3.63) is 48.0 Å². The van der Waals surface area contributed by atoms with Gasteiger partial charge in [-0.05, 0) is 12.1 Å². The summed E-state index contributed by atoms with van der Waals surface area (Å²) in [5.74, 6) is -1.92. The van der Waals surface area contributed by atoms with Gasteiger partial charge in [-0.3, -0.25) is 0 Å². The third kappa shape index (κ3) is 5.23. The van der Waals surface area contributed by atoms with Crippen LogP contribution in [0.25, 0.3) is 0 Å². The summed E-state index contributed by atoms with van der Waals surface area (Å²) in [5, 5.41) is 0. The van der Waals surface area contributed by atoms with Gasteiger partial charge in [0.25, 0.3) is 0 Å². The van der Waals surface area contributed by atoms with E-state index in [0.717, 1.165) is 6.08 Å². The Morgan fingerprint density at radius 3 is 2.22 bits per heavy atom. The molecule has 0 radical (unpaired) electrons. The van der Waals surface area contributed by atoms with Crippen LogP contribution in [-0.2, 0) is 23.7 Å². The predicted octanol–water partition coefficient (Wildman–Crippen LogP) is 1.13. The van der Waals surface area contributed by atoms with Crippen molar-refractivity contribution < 1.29 is 33.3 Å². The maximum Gasteiger partial charge on any atom is 0.339 e. The van der Waals surface area contributed by atoms with Crippen LogP contribution < -0.4 is 0 Å². The van der Waals surface area contributed by atoms with Gasteiger partial charge in [0.15, 0.2) is 0 Å². The van der Waals surface area contributed by atoms with Crippen molar-refractivity contribution in [2.45, 2.75) is 6.10 Å². The lowest BCUT2D eigenvalue weighted by molar-refractivity contribution is -0.138. The maximum atomic E-state index is 12.0. The van der Waals surface area contributed by atoms with Crippen molar-refractivity contribution in [3.63, 3.8) is 0 Å². The van der Waals surface area contributed by atoms with Gasteiger partial charge in [-0.15, -0.1) is 0 Å². The maximum absolute atomic E-state index is 12.0. The number of ether oxygens (including phenoxy) is 4. The van der Waals surface area contributed by atoms with Gasteiger partial charge in [-0.2, -0.15) is 0 Å². The number of carbonyl (C=O) groups is 3. The molecule has 0 spiro atoms. The normalized spacial score (nSPS) is 15.4. The monoisotopic (exact) mass is 320 g/mol. The van der Waals surface area contributed by atoms with Crippen molar-refractivity contribution in [2.75, 3.05) is 26.4 Å². The lowest BCUT2D eigenvalue weighted by Crippen LogP contribution is -2.17. The van der Waals surface area contributed by atoms with Crippen molar-refractivity contribution in [1.29, 1.82) is 0 Å². The first-order chi connectivity index (χ1) is 11.1. The highest BCUT2D eigenvalue weighted by Crippen LogP contribution is 2.14. The summed E-state index contributed by atoms with van der Waals surface area (Å²) in [7, 11) is 0. The molecule has 0 N–H and O–H groups in total. The van der Waals surface area contributed by atoms with E-state index in [1.54, 1.807) is 12.1 Å². The summed E-state index contributed by atoms with van der Waals surface area (Å²) in [6.07, 6.45) is 0.953. The highest BCUT2D eigenvalue weighted by molar-refractivity contribution is 6.03. The van der Waals surface area contributed by atoms with Crippen LogP contribution in [0.2, 0.25) is 0 Å². The second-order valence-electron chi connectivity index (χ2n) is 4.61. The Balaban J connectivity index is 1.89. The molecule has 1 aliphatic heterocycles. The molecule has 1 saturated heterocycles. The number of carbonyl (C=O) groups excluding carboxylic acids is 3. The molecule has 1 aromatic carbocycles. The molecule has 1 aliphatic rings. The van der Waals surface area contributed by atoms with Gasteiger partial charge >= 0.3 is 17.9 Å². The van der Waals surface area contributed by atoms with Crippen LogP contribution in [0.5, 0.6) is 0 Å². The van der Waals surface area contributed by atoms with E-state index < -0.39 is 17.9 Å². The topological polar surface area (TPSA) is 91.4 Å². The second-order valence-corrected chi connectivity index (χ2v) is 4.61. The standard InChI is InChI=1S/C16H16O7/c1-2-14(17)20-7-8-21-15(18)12-5-3-4-6-13(12)16(19)23-10-11-9-22-11/h2-6,11H,1,7-10H2. The minimum atomic E-state index is -0.699. The molecule has 1 heterocycles. The van der Waals surface area contributed by atoms with E-state index in [9.17, 15) is 14.4 Å². The van der Waals surface area contributed by atoms with Gasteiger partial charge < -0.3 is 18.9 Å². The van der Waals surface area contributed by atoms with Crippen LogP contribution in [0.3, 0.4) is 0 Å². The zero-order valence-corrected chi connectivity index (χ0v) is 12.4. The highest BCUT2D eigenvalue weighted by atomic mass is 16.6. The molecule has 0 aromatic heterocycles. The van der Waals surface area contributed by atoms with Gasteiger partial charge in [0, 0.05) is 6.08 Å². The molecule has 1 aromatic rings. The van der Waals surface area contributed by atoms with Gasteiger partial charge in [0.1, 0.15) is 25.9 Å². The van der Waals surface area contributed by atoms with Crippen molar-refractivity contribution >= 4 is 17.9 Å². The van der Waals surface area contributed by atoms with Crippen molar-refractivity contribution in [1.82, 2.24) is 0 Å². The van der Waals surface area contributed by atoms with E-state index in [2.05, 4.69) is 11.3 Å². The van der Waals surface area contributed by atoms with Crippen LogP contribution in [0.15, 0.2) is 36.9 Å². The molecule has 23 heavy (non-hydrogen) atoms. The summed E-state index contributed by atoms with van der Waals surface area (Å²) in [5.41, 5.74) is 0.200. The van der Waals surface area contributed by atoms with Crippen LogP contribution >= 0.6 is 0 Å². The summed E-state index contributed by atoms with van der Waals surface area (Å²) >= 11 is 0. The first kappa shape index (κ1) is 16.7. The van der Waals surface area contributed by atoms with Gasteiger partial charge in [0.2, 0.25) is 0 Å². The first-order valence-electron chi connectivity index (χ1n) is 6.96. The second kappa shape index (κ2) is 8.09. The van der Waals surface area contributed by atoms with Crippen LogP contribution in [0.4, 0.5) is 0 Å². The summed E-state index contributed by atoms with van der Waals surface area (Å²) in [6.45, 7) is 3.74. The van der Waals surface area contributed by atoms with Crippen LogP contribution in [-0.4, -0.2) is 50.4 Å². The third-order valence-corrected chi connectivity index (χ3v) is 2.90. The molecule has 0 saturated carbocycles. The summed E-state index contributed by atoms with van der Waals surface area (Å²) in [4.78, 5) is 34.9. The molecule has 0 aliphatic carbocycles. The minimum absolute atomic E-state index is 0.0578. The Bertz CT molecular complexity index is 604. The lowest BCUT2D eigenvalue weighted by Gasteiger charge is -2.09. The van der Waals surface area contributed by atoms with E-state index in [-0.39, 0.29) is 37.1 Å². The molecular formula is C16H16O7. The number of epoxide rings is 1. The average Bonchev–Trinajstić information content (AvgIpc) is 3.40. The Morgan fingerprint density at radius 2 is 1.65 bits per heavy atom. The number of benzene rings is 1. The van der Waals surface area contributed by atoms with E-state index >= 15 is 0 Å². The van der Waals surface area contributed by atoms with Gasteiger partial charge in [-0.1, -0.05) is 18.7 Å². The lowest BCUT2D eigenvalue weighted by atomic mass is 10.1. The number of rotatable bonds is 8. The smallest absolute Gasteiger partial charge is 0.339 e. The van der Waals surface area contributed by atoms with Crippen molar-refractivity contribution in [2.24, 2.45) is 0 Å². The average molecular weight is 320 g/mol. The minimum Gasteiger partial charge on any atom is -0.459 e. The molecule has 1 fully saturated rings. The third-order valence-electron chi connectivity index (χ3n) is 2.90. The quantitative estimate of drug-likeness (QED) is 0.233. The van der Waals surface area contributed by atoms with E-state index in [1.807, 2.05) is 0 Å². The molecule has 1 atom stereocenters. The fraction of sp³-hybridized carbons (Fsp3) is 0.312. The number of esters is 3.